The van der Waals surface area contributed by atoms with Crippen molar-refractivity contribution in [2.45, 2.75) is 32.4 Å². The molecule has 1 atom stereocenters. The van der Waals surface area contributed by atoms with Crippen molar-refractivity contribution < 1.29 is 4.79 Å². The zero-order chi connectivity index (χ0) is 14.8. The summed E-state index contributed by atoms with van der Waals surface area (Å²) in [5, 5.41) is 3.33. The molecule has 1 N–H and O–H groups in total. The standard InChI is InChI=1S/C17H25N3O/c1-13(2)15-5-3-14(4-6-15)12-20-10-9-19-8-7-18-11-16(19)17(20)21/h3-6,13,16,18H,7-12H2,1-2H3/t16-/m1/s1. The minimum atomic E-state index is 0.0439. The molecule has 0 bridgehead atoms. The molecule has 0 unspecified atom stereocenters. The first-order valence-corrected chi connectivity index (χ1v) is 7.97. The molecule has 0 aromatic heterocycles. The molecule has 0 spiro atoms. The van der Waals surface area contributed by atoms with E-state index in [2.05, 4.69) is 48.3 Å². The van der Waals surface area contributed by atoms with Gasteiger partial charge in [-0.3, -0.25) is 9.69 Å². The number of nitrogens with zero attached hydrogens (tertiary/aromatic N) is 2. The van der Waals surface area contributed by atoms with E-state index in [0.717, 1.165) is 39.3 Å². The summed E-state index contributed by atoms with van der Waals surface area (Å²) < 4.78 is 0. The fourth-order valence-corrected chi connectivity index (χ4v) is 3.21. The number of hydrogen-bond acceptors (Lipinski definition) is 3. The predicted molar refractivity (Wildman–Crippen MR) is 84.2 cm³/mol. The lowest BCUT2D eigenvalue weighted by molar-refractivity contribution is -0.143. The zero-order valence-electron chi connectivity index (χ0n) is 13.0. The van der Waals surface area contributed by atoms with Crippen LogP contribution >= 0.6 is 0 Å². The van der Waals surface area contributed by atoms with Gasteiger partial charge in [0.25, 0.3) is 0 Å². The molecule has 1 amide bonds. The Morgan fingerprint density at radius 1 is 1.19 bits per heavy atom. The lowest BCUT2D eigenvalue weighted by Gasteiger charge is -2.43. The second kappa shape index (κ2) is 6.16. The molecular weight excluding hydrogens is 262 g/mol. The Labute approximate surface area is 127 Å². The second-order valence-corrected chi connectivity index (χ2v) is 6.41. The average Bonchev–Trinajstić information content (AvgIpc) is 2.51. The Bertz CT molecular complexity index is 497. The normalized spacial score (nSPS) is 23.5. The summed E-state index contributed by atoms with van der Waals surface area (Å²) in [6.45, 7) is 9.78. The highest BCUT2D eigenvalue weighted by atomic mass is 16.2. The second-order valence-electron chi connectivity index (χ2n) is 6.41. The molecule has 21 heavy (non-hydrogen) atoms. The largest absolute Gasteiger partial charge is 0.336 e. The molecular formula is C17H25N3O. The molecule has 4 heteroatoms. The highest BCUT2D eigenvalue weighted by Crippen LogP contribution is 2.18. The van der Waals surface area contributed by atoms with Gasteiger partial charge < -0.3 is 10.2 Å². The predicted octanol–water partition coefficient (Wildman–Crippen LogP) is 1.43. The van der Waals surface area contributed by atoms with Crippen molar-refractivity contribution >= 4 is 5.91 Å². The van der Waals surface area contributed by atoms with Gasteiger partial charge in [-0.15, -0.1) is 0 Å². The van der Waals surface area contributed by atoms with Crippen LogP contribution < -0.4 is 5.32 Å². The van der Waals surface area contributed by atoms with Gasteiger partial charge >= 0.3 is 0 Å². The van der Waals surface area contributed by atoms with Crippen LogP contribution in [-0.2, 0) is 11.3 Å². The molecule has 2 fully saturated rings. The van der Waals surface area contributed by atoms with Crippen molar-refractivity contribution in [3.63, 3.8) is 0 Å². The molecule has 3 rings (SSSR count). The summed E-state index contributed by atoms with van der Waals surface area (Å²) in [6.07, 6.45) is 0. The molecule has 1 aromatic carbocycles. The molecule has 2 aliphatic heterocycles. The first-order chi connectivity index (χ1) is 10.1. The molecule has 114 valence electrons. The number of fused-ring (bicyclic) bond motifs is 1. The van der Waals surface area contributed by atoms with Crippen LogP contribution in [0.25, 0.3) is 0 Å². The molecule has 2 saturated heterocycles. The van der Waals surface area contributed by atoms with Crippen molar-refractivity contribution in [1.82, 2.24) is 15.1 Å². The quantitative estimate of drug-likeness (QED) is 0.913. The molecule has 1 aromatic rings. The average molecular weight is 287 g/mol. The summed E-state index contributed by atoms with van der Waals surface area (Å²) in [6, 6.07) is 8.73. The van der Waals surface area contributed by atoms with E-state index in [1.165, 1.54) is 11.1 Å². The third-order valence-electron chi connectivity index (χ3n) is 4.63. The van der Waals surface area contributed by atoms with Gasteiger partial charge in [0.05, 0.1) is 0 Å². The minimum Gasteiger partial charge on any atom is -0.336 e. The fourth-order valence-electron chi connectivity index (χ4n) is 3.21. The smallest absolute Gasteiger partial charge is 0.241 e. The first kappa shape index (κ1) is 14.5. The molecule has 0 saturated carbocycles. The Kier molecular flexibility index (Phi) is 4.27. The van der Waals surface area contributed by atoms with Crippen LogP contribution in [0.3, 0.4) is 0 Å². The van der Waals surface area contributed by atoms with E-state index < -0.39 is 0 Å². The van der Waals surface area contributed by atoms with Crippen molar-refractivity contribution in [1.29, 1.82) is 0 Å². The third kappa shape index (κ3) is 3.11. The summed E-state index contributed by atoms with van der Waals surface area (Å²) in [5.74, 6) is 0.832. The zero-order valence-corrected chi connectivity index (χ0v) is 13.0. The Morgan fingerprint density at radius 2 is 1.95 bits per heavy atom. The SMILES string of the molecule is CC(C)c1ccc(CN2CCN3CCNC[C@@H]3C2=O)cc1. The lowest BCUT2D eigenvalue weighted by atomic mass is 10.0. The van der Waals surface area contributed by atoms with E-state index in [4.69, 9.17) is 0 Å². The maximum Gasteiger partial charge on any atom is 0.241 e. The number of benzene rings is 1. The van der Waals surface area contributed by atoms with E-state index in [-0.39, 0.29) is 11.9 Å². The van der Waals surface area contributed by atoms with Crippen molar-refractivity contribution in [3.8, 4) is 0 Å². The van der Waals surface area contributed by atoms with Crippen LogP contribution in [-0.4, -0.2) is 54.5 Å². The minimum absolute atomic E-state index is 0.0439. The van der Waals surface area contributed by atoms with Crippen LogP contribution in [0.4, 0.5) is 0 Å². The van der Waals surface area contributed by atoms with Gasteiger partial charge in [-0.2, -0.15) is 0 Å². The van der Waals surface area contributed by atoms with Gasteiger partial charge in [0.15, 0.2) is 0 Å². The molecule has 2 aliphatic rings. The van der Waals surface area contributed by atoms with E-state index in [9.17, 15) is 4.79 Å². The van der Waals surface area contributed by atoms with Crippen molar-refractivity contribution in [3.05, 3.63) is 35.4 Å². The maximum atomic E-state index is 12.6. The maximum absolute atomic E-state index is 12.6. The van der Waals surface area contributed by atoms with Crippen LogP contribution in [0, 0.1) is 0 Å². The molecule has 0 radical (unpaired) electrons. The van der Waals surface area contributed by atoms with E-state index >= 15 is 0 Å². The summed E-state index contributed by atoms with van der Waals surface area (Å²) >= 11 is 0. The van der Waals surface area contributed by atoms with Crippen LogP contribution in [0.15, 0.2) is 24.3 Å². The van der Waals surface area contributed by atoms with E-state index in [0.29, 0.717) is 5.92 Å². The molecule has 0 aliphatic carbocycles. The summed E-state index contributed by atoms with van der Waals surface area (Å²) in [5.41, 5.74) is 2.58. The Balaban J connectivity index is 1.66. The van der Waals surface area contributed by atoms with Gasteiger partial charge in [0.2, 0.25) is 5.91 Å². The van der Waals surface area contributed by atoms with Gasteiger partial charge in [-0.25, -0.2) is 0 Å². The number of carbonyl (C=O) groups excluding carboxylic acids is 1. The molecule has 4 nitrogen and oxygen atoms in total. The monoisotopic (exact) mass is 287 g/mol. The van der Waals surface area contributed by atoms with Crippen LogP contribution in [0.1, 0.15) is 30.9 Å². The Hall–Kier alpha value is -1.39. The number of rotatable bonds is 3. The summed E-state index contributed by atoms with van der Waals surface area (Å²) in [4.78, 5) is 16.9. The fraction of sp³-hybridized carbons (Fsp3) is 0.588. The molecule has 2 heterocycles. The lowest BCUT2D eigenvalue weighted by Crippen LogP contribution is -2.63. The van der Waals surface area contributed by atoms with Crippen molar-refractivity contribution in [2.75, 3.05) is 32.7 Å². The third-order valence-corrected chi connectivity index (χ3v) is 4.63. The van der Waals surface area contributed by atoms with Gasteiger partial charge in [-0.05, 0) is 17.0 Å². The van der Waals surface area contributed by atoms with Gasteiger partial charge in [0.1, 0.15) is 6.04 Å². The van der Waals surface area contributed by atoms with Crippen LogP contribution in [0.5, 0.6) is 0 Å². The number of amides is 1. The summed E-state index contributed by atoms with van der Waals surface area (Å²) in [7, 11) is 0. The highest BCUT2D eigenvalue weighted by molar-refractivity contribution is 5.83. The number of hydrogen-bond donors (Lipinski definition) is 1. The van der Waals surface area contributed by atoms with Crippen molar-refractivity contribution in [2.24, 2.45) is 0 Å². The number of nitrogens with one attached hydrogen (secondary N) is 1. The highest BCUT2D eigenvalue weighted by Gasteiger charge is 2.35. The first-order valence-electron chi connectivity index (χ1n) is 7.97. The van der Waals surface area contributed by atoms with Crippen LogP contribution in [0.2, 0.25) is 0 Å². The number of carbonyl (C=O) groups is 1. The topological polar surface area (TPSA) is 35.6 Å². The van der Waals surface area contributed by atoms with E-state index in [1.54, 1.807) is 0 Å². The van der Waals surface area contributed by atoms with Gasteiger partial charge in [0, 0.05) is 39.3 Å². The van der Waals surface area contributed by atoms with E-state index in [1.807, 2.05) is 4.90 Å². The Morgan fingerprint density at radius 3 is 2.67 bits per heavy atom. The van der Waals surface area contributed by atoms with Gasteiger partial charge in [-0.1, -0.05) is 38.1 Å². The number of piperazine rings is 2.